The summed E-state index contributed by atoms with van der Waals surface area (Å²) in [6.07, 6.45) is 16.2. The van der Waals surface area contributed by atoms with Crippen LogP contribution in [0.2, 0.25) is 15.5 Å². The molecular formula is C55H61BBrCl3I6N12O7S4-. The molecule has 8 aromatic rings. The third kappa shape index (κ3) is 25.2. The van der Waals surface area contributed by atoms with Gasteiger partial charge in [-0.25, -0.2) is 39.3 Å². The van der Waals surface area contributed by atoms with Crippen molar-refractivity contribution in [3.8, 4) is 0 Å². The average Bonchev–Trinajstić information content (AvgIpc) is 1.89. The molecule has 1 radical (unpaired) electrons. The summed E-state index contributed by atoms with van der Waals surface area (Å²) in [6.45, 7) is 2.56. The Morgan fingerprint density at radius 3 is 1.53 bits per heavy atom. The number of fused-ring (bicyclic) bond motifs is 2. The quantitative estimate of drug-likeness (QED) is 0.0524. The Morgan fingerprint density at radius 1 is 0.618 bits per heavy atom. The SMILES string of the molecule is I.II.I[I-]I.O=C(CCc1nccnc1Cl)[C@@H]1CCCN1C(=O)OCc1ccccc1.O=C(OCc1ccccc1)N1CCC[C@H]1c1nc(Br)c2c(Cl)nccn12.O=C(OCc1ccccc1)N1CCC[C@H]1c1ncc2c(Cl)nccn12.S.S.S.[B]=NS. The molecule has 19 nitrogen and oxygen atoms in total. The van der Waals surface area contributed by atoms with E-state index >= 15 is 0 Å². The molecule has 3 saturated heterocycles. The first-order chi connectivity index (χ1) is 41.4. The number of amides is 3. The van der Waals surface area contributed by atoms with E-state index in [0.29, 0.717) is 77.0 Å². The first-order valence-electron chi connectivity index (χ1n) is 26.0. The Hall–Kier alpha value is -1.55. The van der Waals surface area contributed by atoms with Crippen LogP contribution < -0.4 is 13.3 Å². The van der Waals surface area contributed by atoms with E-state index in [4.69, 9.17) is 49.0 Å². The number of thiol groups is 1. The number of carbonyl (C=O) groups excluding carboxylic acids is 4. The summed E-state index contributed by atoms with van der Waals surface area (Å²) in [5.74, 6) is 1.54. The number of rotatable bonds is 12. The minimum atomic E-state index is -0.442. The summed E-state index contributed by atoms with van der Waals surface area (Å²) in [5.41, 5.74) is 4.88. The molecule has 34 heteroatoms. The van der Waals surface area contributed by atoms with Gasteiger partial charge in [0.05, 0.1) is 30.0 Å². The second-order valence-corrected chi connectivity index (χ2v) is 36.7. The molecule has 481 valence electrons. The summed E-state index contributed by atoms with van der Waals surface area (Å²) < 4.78 is 23.4. The van der Waals surface area contributed by atoms with Crippen LogP contribution in [0.15, 0.2) is 143 Å². The Bertz CT molecular complexity index is 3440. The van der Waals surface area contributed by atoms with Gasteiger partial charge in [0.1, 0.15) is 52.3 Å². The zero-order chi connectivity index (χ0) is 61.1. The third-order valence-electron chi connectivity index (χ3n) is 13.3. The van der Waals surface area contributed by atoms with Gasteiger partial charge in [0.15, 0.2) is 16.1 Å². The van der Waals surface area contributed by atoms with Crippen LogP contribution in [0.5, 0.6) is 0 Å². The van der Waals surface area contributed by atoms with Gasteiger partial charge in [-0.05, 0) is 77.6 Å². The number of carbonyl (C=O) groups is 4. The van der Waals surface area contributed by atoms with Gasteiger partial charge in [-0.3, -0.25) is 33.3 Å². The first kappa shape index (κ1) is 83.5. The molecule has 0 N–H and O–H groups in total. The molecular weight excluding hydrogens is 2030 g/mol. The number of Topliss-reactive ketones (excluding diaryl/α,β-unsaturated/α-hetero) is 1. The van der Waals surface area contributed by atoms with E-state index in [-0.39, 0.29) is 121 Å². The molecule has 0 bridgehead atoms. The molecule has 0 unspecified atom stereocenters. The zero-order valence-electron chi connectivity index (χ0n) is 46.9. The summed E-state index contributed by atoms with van der Waals surface area (Å²) in [6, 6.07) is 28.1. The number of likely N-dealkylation sites (tertiary alicyclic amines) is 3. The second-order valence-electron chi connectivity index (χ2n) is 18.4. The van der Waals surface area contributed by atoms with Crippen molar-refractivity contribution in [2.45, 2.75) is 89.3 Å². The molecule has 11 rings (SSSR count). The Kier molecular flexibility index (Phi) is 43.0. The topological polar surface area (TPSA) is 204 Å². The van der Waals surface area contributed by atoms with E-state index in [1.54, 1.807) is 40.8 Å². The molecule has 3 aliphatic heterocycles. The summed E-state index contributed by atoms with van der Waals surface area (Å²) in [5, 5.41) is 1.08. The summed E-state index contributed by atoms with van der Waals surface area (Å²) >= 11 is 34.5. The monoisotopic (exact) mass is 2090 g/mol. The van der Waals surface area contributed by atoms with Crippen LogP contribution in [-0.2, 0) is 45.2 Å². The molecule has 0 saturated carbocycles. The van der Waals surface area contributed by atoms with Crippen LogP contribution in [0, 0.1) is 0 Å². The van der Waals surface area contributed by atoms with Crippen molar-refractivity contribution in [1.29, 1.82) is 0 Å². The summed E-state index contributed by atoms with van der Waals surface area (Å²) in [7, 11) is 4.34. The van der Waals surface area contributed by atoms with Crippen LogP contribution in [0.4, 0.5) is 14.4 Å². The molecule has 5 aromatic heterocycles. The number of aromatic nitrogens is 8. The Morgan fingerprint density at radius 2 is 1.03 bits per heavy atom. The van der Waals surface area contributed by atoms with Gasteiger partial charge >= 0.3 is 93.5 Å². The molecule has 3 aliphatic rings. The molecule has 3 atom stereocenters. The Labute approximate surface area is 638 Å². The van der Waals surface area contributed by atoms with Gasteiger partial charge in [-0.2, -0.15) is 40.5 Å². The van der Waals surface area contributed by atoms with Gasteiger partial charge in [-0.1, -0.05) is 126 Å². The standard InChI is InChI=1S/C19H20ClN3O3.C18H16BrClN4O2.C18H17ClN4O2.BHNS.I3.I2.HI.3H2S/c20-18-15(21-10-11-22-18)8-9-17(24)16-7-4-12-23(16)19(25)26-13-14-5-2-1-3-6-14;19-15-14-16(20)21-8-10-24(14)17(22-15)13-7-4-9-23(13)18(25)26-11-12-5-2-1-3-6-12;19-16-15-11-21-17(22(15)10-8-20-16)14-7-4-9-23(14)18(24)25-12-13-5-2-1-3-6-13;1-2-3;1-3-2;1-2;;;;/h1-3,5-6,10-11,16H,4,7-9,12-13H2;1-3,5-6,8,10,13H,4,7,9,11H2;1-3,5-6,8,10-11,14H,4,7,9,12H2;3H;;;1H;3*1H2/q;;;;-1;;;;;/t16-;13-;14-;;;;;;;/m000......./s1. The number of aryl methyl sites for hydroxylation is 1. The van der Waals surface area contributed by atoms with E-state index in [1.807, 2.05) is 106 Å². The first-order valence-corrected chi connectivity index (χ1v) is 47.2. The van der Waals surface area contributed by atoms with E-state index in [0.717, 1.165) is 66.0 Å². The van der Waals surface area contributed by atoms with Crippen molar-refractivity contribution in [3.05, 3.63) is 188 Å². The number of imidazole rings is 2. The van der Waals surface area contributed by atoms with Gasteiger partial charge in [0.2, 0.25) is 0 Å². The van der Waals surface area contributed by atoms with Crippen LogP contribution in [0.25, 0.3) is 11.0 Å². The maximum absolute atomic E-state index is 12.6. The predicted octanol–water partition coefficient (Wildman–Crippen LogP) is 13.6. The number of nitrogens with zero attached hydrogens (tertiary/aromatic N) is 12. The van der Waals surface area contributed by atoms with Crippen molar-refractivity contribution >= 4 is 245 Å². The third-order valence-corrected chi connectivity index (χ3v) is 14.7. The number of hydrogen-bond acceptors (Lipinski definition) is 15. The molecule has 3 amide bonds. The fraction of sp³-hybridized carbons (Fsp3) is 0.309. The normalized spacial score (nSPS) is 15.1. The molecule has 8 heterocycles. The fourth-order valence-corrected chi connectivity index (χ4v) is 10.8. The maximum atomic E-state index is 12.6. The number of hydrogen-bond donors (Lipinski definition) is 1. The van der Waals surface area contributed by atoms with Gasteiger partial charge in [0, 0.05) is 100 Å². The summed E-state index contributed by atoms with van der Waals surface area (Å²) in [4.78, 5) is 80.5. The molecule has 89 heavy (non-hydrogen) atoms. The van der Waals surface area contributed by atoms with Crippen molar-refractivity contribution < 1.29 is 46.6 Å². The number of ketones is 1. The molecule has 0 aliphatic carbocycles. The van der Waals surface area contributed by atoms with Crippen molar-refractivity contribution in [3.63, 3.8) is 0 Å². The minimum absolute atomic E-state index is 0. The number of halogens is 10. The van der Waals surface area contributed by atoms with E-state index in [2.05, 4.69) is 145 Å². The van der Waals surface area contributed by atoms with E-state index < -0.39 is 12.1 Å². The van der Waals surface area contributed by atoms with Gasteiger partial charge in [-0.15, -0.1) is 24.0 Å². The molecule has 3 aromatic carbocycles. The van der Waals surface area contributed by atoms with Crippen molar-refractivity contribution in [2.75, 3.05) is 19.6 Å². The van der Waals surface area contributed by atoms with Crippen LogP contribution in [0.3, 0.4) is 0 Å². The molecule has 0 spiro atoms. The van der Waals surface area contributed by atoms with Crippen LogP contribution in [-0.4, -0.2) is 111 Å². The van der Waals surface area contributed by atoms with E-state index in [9.17, 15) is 19.2 Å². The average molecular weight is 2090 g/mol. The van der Waals surface area contributed by atoms with Gasteiger partial charge in [0.25, 0.3) is 0 Å². The van der Waals surface area contributed by atoms with Crippen molar-refractivity contribution in [2.24, 2.45) is 4.30 Å². The Balaban J connectivity index is 0.000000420. The van der Waals surface area contributed by atoms with Gasteiger partial charge < -0.3 is 14.2 Å². The second kappa shape index (κ2) is 45.8. The van der Waals surface area contributed by atoms with Crippen molar-refractivity contribution in [1.82, 2.24) is 53.4 Å². The number of benzene rings is 3. The van der Waals surface area contributed by atoms with Crippen LogP contribution in [0.1, 0.15) is 91.1 Å². The van der Waals surface area contributed by atoms with E-state index in [1.165, 1.54) is 11.1 Å². The predicted molar refractivity (Wildman–Crippen MR) is 411 cm³/mol. The zero-order valence-corrected chi connectivity index (χ0v) is 67.8. The molecule has 3 fully saturated rings. The fourth-order valence-electron chi connectivity index (χ4n) is 9.54. The number of ether oxygens (including phenoxy) is 3. The van der Waals surface area contributed by atoms with Crippen LogP contribution >= 0.6 is 202 Å².